The third-order valence-electron chi connectivity index (χ3n) is 22.1. The van der Waals surface area contributed by atoms with Gasteiger partial charge in [0.15, 0.2) is 40.8 Å². The number of methoxy groups -OCH3 is 3. The highest BCUT2D eigenvalue weighted by Crippen LogP contribution is 2.57. The molecule has 6 amide bonds. The summed E-state index contributed by atoms with van der Waals surface area (Å²) in [6.07, 6.45) is 3.55. The molecule has 3 N–H and O–H groups in total. The topological polar surface area (TPSA) is 297 Å². The number of aliphatic hydroxyl groups is 1. The summed E-state index contributed by atoms with van der Waals surface area (Å²) in [6, 6.07) is 33.2. The smallest absolute Gasteiger partial charge is 0.416 e. The van der Waals surface area contributed by atoms with Crippen LogP contribution >= 0.6 is 0 Å². The number of para-hydroxylation sites is 1. The van der Waals surface area contributed by atoms with Crippen LogP contribution in [0.25, 0.3) is 28.1 Å². The predicted molar refractivity (Wildman–Crippen MR) is 410 cm³/mol. The average molecular weight is 1500 g/mol. The van der Waals surface area contributed by atoms with Crippen LogP contribution in [0.2, 0.25) is 0 Å². The molecule has 1 saturated carbocycles. The molecule has 0 radical (unpaired) electrons. The summed E-state index contributed by atoms with van der Waals surface area (Å²) >= 11 is 0. The summed E-state index contributed by atoms with van der Waals surface area (Å²) in [4.78, 5) is 131. The minimum absolute atomic E-state index is 0.00815. The molecule has 6 heterocycles. The summed E-state index contributed by atoms with van der Waals surface area (Å²) in [5, 5.41) is 26.7. The molecule has 1 aromatic heterocycles. The van der Waals surface area contributed by atoms with Crippen LogP contribution in [-0.2, 0) is 59.5 Å². The lowest BCUT2D eigenvalue weighted by Gasteiger charge is -2.31. The molecule has 5 aliphatic heterocycles. The fourth-order valence-electron chi connectivity index (χ4n) is 15.6. The largest absolute Gasteiger partial charge is 0.496 e. The van der Waals surface area contributed by atoms with Gasteiger partial charge in [-0.3, -0.25) is 38.4 Å². The quantitative estimate of drug-likeness (QED) is 0.0367. The molecule has 1 spiro atoms. The molecule has 6 aliphatic rings. The molecule has 1 aliphatic carbocycles. The van der Waals surface area contributed by atoms with Crippen LogP contribution in [0.1, 0.15) is 165 Å². The average Bonchev–Trinajstić information content (AvgIpc) is 1.56. The van der Waals surface area contributed by atoms with Gasteiger partial charge in [0.2, 0.25) is 17.7 Å². The molecule has 1 saturated heterocycles. The van der Waals surface area contributed by atoms with E-state index >= 15 is 0 Å². The zero-order chi connectivity index (χ0) is 77.8. The van der Waals surface area contributed by atoms with E-state index in [9.17, 15) is 48.3 Å². The van der Waals surface area contributed by atoms with Crippen molar-refractivity contribution in [2.24, 2.45) is 17.3 Å². The Hall–Kier alpha value is -11.2. The van der Waals surface area contributed by atoms with Gasteiger partial charge in [-0.15, -0.1) is 5.10 Å². The van der Waals surface area contributed by atoms with Gasteiger partial charge in [-0.2, -0.15) is 0 Å². The Kier molecular flexibility index (Phi) is 23.0. The highest BCUT2D eigenvalue weighted by molar-refractivity contribution is 6.07. The second kappa shape index (κ2) is 32.9. The fraction of sp³-hybridized carbons (Fsp3) is 0.424. The summed E-state index contributed by atoms with van der Waals surface area (Å²) < 4.78 is 37.6. The van der Waals surface area contributed by atoms with Gasteiger partial charge in [-0.1, -0.05) is 97.9 Å². The Morgan fingerprint density at radius 1 is 0.691 bits per heavy atom. The molecule has 7 aromatic rings. The maximum atomic E-state index is 14.6. The third kappa shape index (κ3) is 16.4. The maximum Gasteiger partial charge on any atom is 0.416 e. The van der Waals surface area contributed by atoms with Gasteiger partial charge in [-0.25, -0.2) is 14.4 Å². The van der Waals surface area contributed by atoms with Gasteiger partial charge in [0.05, 0.1) is 82.3 Å². The number of carbonyl (C=O) groups excluding carboxylic acids is 9. The Bertz CT molecular complexity index is 4770. The number of carbonyl (C=O) groups is 9. The van der Waals surface area contributed by atoms with Crippen LogP contribution in [0.4, 0.5) is 16.2 Å². The van der Waals surface area contributed by atoms with Crippen molar-refractivity contribution < 1.29 is 76.7 Å². The molecule has 25 nitrogen and oxygen atoms in total. The first-order valence-corrected chi connectivity index (χ1v) is 37.9. The maximum absolute atomic E-state index is 14.6. The number of nitrogens with zero attached hydrogens (tertiary/aromatic N) is 7. The van der Waals surface area contributed by atoms with Crippen LogP contribution in [-0.4, -0.2) is 155 Å². The molecule has 110 heavy (non-hydrogen) atoms. The number of ether oxygens (including phenoxy) is 6. The van der Waals surface area contributed by atoms with E-state index in [0.29, 0.717) is 59.7 Å². The Labute approximate surface area is 639 Å². The number of Topliss-reactive ketones (excluding diaryl/α,β-unsaturated/α-hetero) is 3. The monoisotopic (exact) mass is 1500 g/mol. The van der Waals surface area contributed by atoms with Crippen molar-refractivity contribution in [3.63, 3.8) is 0 Å². The Balaban J connectivity index is 0.571. The number of amides is 6. The second-order valence-corrected chi connectivity index (χ2v) is 30.3. The lowest BCUT2D eigenvalue weighted by atomic mass is 9.89. The van der Waals surface area contributed by atoms with Crippen molar-refractivity contribution in [2.45, 2.75) is 169 Å². The lowest BCUT2D eigenvalue weighted by molar-refractivity contribution is -0.133. The minimum atomic E-state index is -1.48. The van der Waals surface area contributed by atoms with E-state index in [2.05, 4.69) is 27.0 Å². The normalized spacial score (nSPS) is 17.6. The first-order valence-electron chi connectivity index (χ1n) is 37.9. The highest BCUT2D eigenvalue weighted by Gasteiger charge is 2.58. The van der Waals surface area contributed by atoms with E-state index in [1.807, 2.05) is 103 Å². The van der Waals surface area contributed by atoms with Gasteiger partial charge in [-0.05, 0) is 147 Å². The number of ketones is 3. The molecule has 25 heteroatoms. The molecule has 2 fully saturated rings. The zero-order valence-corrected chi connectivity index (χ0v) is 63.7. The number of nitrogens with one attached hydrogen (secondary N) is 2. The number of hydrogen-bond acceptors (Lipinski definition) is 18. The van der Waals surface area contributed by atoms with Gasteiger partial charge in [0.25, 0.3) is 11.8 Å². The SMILES string of the molecule is COc1cc(C2=CN3C(=O)c4cc(OC)c(OCCCOc5cc6c(cc5OC)C(=O)N5CC7(CC7)C[C@H]5C(O)N6C(=O)OCc5ccc(CC(=O)[C@H](C)NC(=O)[C@@H](CC(=O)CNC(=O)CCC(=O)CCC(=O)N6Cc7ccccc7-c7nnn(C(C)C)c7-c7ccccc76)C(C)C)cc5)cc4CC[C@@H]3C2)ccc1C. The number of rotatable bonds is 29. The molecule has 576 valence electrons. The van der Waals surface area contributed by atoms with Crippen molar-refractivity contribution in [1.82, 2.24) is 35.4 Å². The minimum Gasteiger partial charge on any atom is -0.496 e. The highest BCUT2D eigenvalue weighted by atomic mass is 16.6. The van der Waals surface area contributed by atoms with Crippen molar-refractivity contribution in [1.29, 1.82) is 0 Å². The van der Waals surface area contributed by atoms with Crippen LogP contribution in [0.15, 0.2) is 121 Å². The summed E-state index contributed by atoms with van der Waals surface area (Å²) in [5.74, 6) is -1.77. The van der Waals surface area contributed by atoms with Crippen molar-refractivity contribution in [3.8, 4) is 51.3 Å². The standard InChI is InChI=1S/C85H95N9O16/c1-49(2)64(39-61(96)44-86-76(98)29-27-60(95)28-30-77(99)91-45-57-15-10-11-16-62(57)78-79(94(50(3)4)89-88-78)63-17-12-13-18-67(63)91)80(100)87-52(6)70(97)35-53-20-22-54(23-21-53)47-110-84(104)93-68-42-75(73(107-9)41-66(68)82(102)92-48-85(31-32-85)43-69(92)83(93)103)109-34-14-33-108-74-38-56-25-26-59-36-58(55-24-19-51(5)71(37-55)105-7)46-90(59)81(101)65(56)40-72(74)106-8/h10-13,15-24,37-38,40-42,46,49-50,52,59,64,69,83,103H,14,25-36,39,43-45,47-48H2,1-9H3,(H,86,98)(H,87,100)/t52-,59+,64-,69-,83?/m0/s1. The summed E-state index contributed by atoms with van der Waals surface area (Å²) in [6.45, 7) is 11.5. The molecule has 13 rings (SSSR count). The molecular weight excluding hydrogens is 1400 g/mol. The Morgan fingerprint density at radius 3 is 2.08 bits per heavy atom. The fourth-order valence-corrected chi connectivity index (χ4v) is 15.6. The molecular formula is C85H95N9O16. The van der Waals surface area contributed by atoms with Crippen LogP contribution < -0.4 is 44.1 Å². The van der Waals surface area contributed by atoms with E-state index in [-0.39, 0.29) is 147 Å². The van der Waals surface area contributed by atoms with Gasteiger partial charge < -0.3 is 58.9 Å². The van der Waals surface area contributed by atoms with E-state index in [1.54, 1.807) is 68.0 Å². The van der Waals surface area contributed by atoms with E-state index in [4.69, 9.17) is 28.4 Å². The molecule has 5 atom stereocenters. The first kappa shape index (κ1) is 77.0. The van der Waals surface area contributed by atoms with Gasteiger partial charge in [0.1, 0.15) is 23.8 Å². The van der Waals surface area contributed by atoms with E-state index in [0.717, 1.165) is 86.7 Å². The van der Waals surface area contributed by atoms with Gasteiger partial charge >= 0.3 is 6.09 Å². The number of fused-ring (bicyclic) bond motifs is 9. The Morgan fingerprint density at radius 2 is 1.37 bits per heavy atom. The van der Waals surface area contributed by atoms with Crippen LogP contribution in [0, 0.1) is 24.2 Å². The van der Waals surface area contributed by atoms with Crippen LogP contribution in [0.3, 0.4) is 0 Å². The van der Waals surface area contributed by atoms with Crippen LogP contribution in [0.5, 0.6) is 28.7 Å². The third-order valence-corrected chi connectivity index (χ3v) is 22.1. The molecule has 0 bridgehead atoms. The lowest BCUT2D eigenvalue weighted by Crippen LogP contribution is -2.50. The molecule has 1 unspecified atom stereocenters. The van der Waals surface area contributed by atoms with E-state index in [1.165, 1.54) is 26.4 Å². The number of aryl methyl sites for hydroxylation is 2. The first-order chi connectivity index (χ1) is 52.9. The van der Waals surface area contributed by atoms with E-state index < -0.39 is 47.9 Å². The van der Waals surface area contributed by atoms with Crippen molar-refractivity contribution in [3.05, 3.63) is 166 Å². The number of anilines is 2. The number of aromatic nitrogens is 3. The van der Waals surface area contributed by atoms with Crippen molar-refractivity contribution in [2.75, 3.05) is 57.4 Å². The predicted octanol–water partition coefficient (Wildman–Crippen LogP) is 11.7. The number of aliphatic hydroxyl groups excluding tert-OH is 1. The summed E-state index contributed by atoms with van der Waals surface area (Å²) in [5.41, 5.74) is 10.5. The van der Waals surface area contributed by atoms with Gasteiger partial charge in [0, 0.05) is 98.4 Å². The summed E-state index contributed by atoms with van der Waals surface area (Å²) in [7, 11) is 4.64. The zero-order valence-electron chi connectivity index (χ0n) is 63.7. The van der Waals surface area contributed by atoms with Crippen molar-refractivity contribution >= 4 is 69.9 Å². The number of hydrogen-bond donors (Lipinski definition) is 3. The molecule has 6 aromatic carbocycles. The number of benzene rings is 6. The second-order valence-electron chi connectivity index (χ2n) is 30.3.